The van der Waals surface area contributed by atoms with Crippen molar-refractivity contribution in [3.05, 3.63) is 5.21 Å². The molecule has 5 saturated carbocycles. The number of carbonyl (C=O) groups is 1. The van der Waals surface area contributed by atoms with E-state index in [1.54, 1.807) is 21.3 Å². The van der Waals surface area contributed by atoms with Crippen molar-refractivity contribution in [1.82, 2.24) is 0 Å². The Bertz CT molecular complexity index is 1030. The van der Waals surface area contributed by atoms with Gasteiger partial charge in [-0.25, -0.2) is 0 Å². The summed E-state index contributed by atoms with van der Waals surface area (Å²) in [6.45, 7) is 6.13. The molecule has 0 amide bonds. The minimum Gasteiger partial charge on any atom is -0.632 e. The quantitative estimate of drug-likeness (QED) is 0.324. The van der Waals surface area contributed by atoms with Crippen LogP contribution in [0.25, 0.3) is 0 Å². The largest absolute Gasteiger partial charge is 0.632 e. The van der Waals surface area contributed by atoms with E-state index >= 15 is 5.21 Å². The second-order valence-corrected chi connectivity index (χ2v) is 13.2. The summed E-state index contributed by atoms with van der Waals surface area (Å²) >= 11 is 0. The van der Waals surface area contributed by atoms with Crippen LogP contribution in [0.15, 0.2) is 0 Å². The van der Waals surface area contributed by atoms with Gasteiger partial charge in [-0.1, -0.05) is 6.92 Å². The first-order chi connectivity index (χ1) is 17.5. The van der Waals surface area contributed by atoms with Gasteiger partial charge < -0.3 is 43.4 Å². The molecule has 2 heterocycles. The van der Waals surface area contributed by atoms with Gasteiger partial charge >= 0.3 is 5.97 Å². The Labute approximate surface area is 218 Å². The summed E-state index contributed by atoms with van der Waals surface area (Å²) in [6, 6.07) is -0.728. The van der Waals surface area contributed by atoms with Crippen LogP contribution in [-0.4, -0.2) is 104 Å². The highest BCUT2D eigenvalue weighted by Gasteiger charge is 3.00. The molecule has 2 aliphatic heterocycles. The zero-order valence-corrected chi connectivity index (χ0v) is 22.7. The second kappa shape index (κ2) is 7.26. The number of ether oxygens (including phenoxy) is 6. The molecule has 3 spiro atoms. The second-order valence-electron chi connectivity index (χ2n) is 13.2. The molecule has 10 nitrogen and oxygen atoms in total. The van der Waals surface area contributed by atoms with Crippen molar-refractivity contribution in [3.8, 4) is 0 Å². The van der Waals surface area contributed by atoms with Crippen LogP contribution < -0.4 is 0 Å². The van der Waals surface area contributed by atoms with Crippen LogP contribution in [0, 0.1) is 33.8 Å². The van der Waals surface area contributed by atoms with E-state index in [0.717, 1.165) is 6.42 Å². The van der Waals surface area contributed by atoms with Gasteiger partial charge in [0.1, 0.15) is 24.5 Å². The molecule has 1 unspecified atom stereocenters. The first-order valence-corrected chi connectivity index (χ1v) is 13.8. The number of likely N-dealkylation sites (tertiary alicyclic amines) is 1. The van der Waals surface area contributed by atoms with E-state index in [4.69, 9.17) is 28.4 Å². The zero-order chi connectivity index (χ0) is 26.4. The molecule has 7 aliphatic rings. The van der Waals surface area contributed by atoms with Gasteiger partial charge in [-0.3, -0.25) is 4.79 Å². The van der Waals surface area contributed by atoms with E-state index in [2.05, 4.69) is 6.92 Å². The summed E-state index contributed by atoms with van der Waals surface area (Å²) in [6.07, 6.45) is 0.510. The molecule has 14 atom stereocenters. The molecule has 37 heavy (non-hydrogen) atoms. The molecular weight excluding hydrogens is 482 g/mol. The molecule has 10 heteroatoms. The number of rotatable bonds is 5. The van der Waals surface area contributed by atoms with Gasteiger partial charge in [-0.05, 0) is 26.2 Å². The number of hydrogen-bond acceptors (Lipinski definition) is 9. The van der Waals surface area contributed by atoms with Crippen LogP contribution in [0.1, 0.15) is 46.5 Å². The summed E-state index contributed by atoms with van der Waals surface area (Å²) in [7, 11) is 5.03. The Kier molecular flexibility index (Phi) is 4.93. The number of carbonyl (C=O) groups excluding carboxylic acids is 1. The van der Waals surface area contributed by atoms with Crippen LogP contribution in [0.4, 0.5) is 0 Å². The highest BCUT2D eigenvalue weighted by atomic mass is 16.7. The lowest BCUT2D eigenvalue weighted by Gasteiger charge is -2.74. The summed E-state index contributed by atoms with van der Waals surface area (Å²) in [4.78, 5) is 12.8. The fraction of sp³-hybridized carbons (Fsp3) is 0.963. The smallest absolute Gasteiger partial charge is 0.303 e. The Morgan fingerprint density at radius 3 is 2.51 bits per heavy atom. The number of nitrogens with zero attached hydrogens (tertiary/aromatic N) is 1. The Morgan fingerprint density at radius 2 is 1.89 bits per heavy atom. The van der Waals surface area contributed by atoms with E-state index in [-0.39, 0.29) is 30.8 Å². The van der Waals surface area contributed by atoms with Gasteiger partial charge in [0.25, 0.3) is 0 Å². The average molecular weight is 524 g/mol. The number of hydrogen-bond donors (Lipinski definition) is 1. The lowest BCUT2D eigenvalue weighted by atomic mass is 9.41. The van der Waals surface area contributed by atoms with Crippen molar-refractivity contribution in [1.29, 1.82) is 0 Å². The molecule has 7 rings (SSSR count). The number of hydroxylamine groups is 3. The van der Waals surface area contributed by atoms with Gasteiger partial charge in [0.15, 0.2) is 5.60 Å². The van der Waals surface area contributed by atoms with Crippen molar-refractivity contribution in [2.75, 3.05) is 41.2 Å². The number of quaternary nitrogens is 1. The van der Waals surface area contributed by atoms with Gasteiger partial charge in [-0.15, -0.1) is 0 Å². The van der Waals surface area contributed by atoms with Crippen molar-refractivity contribution >= 4 is 5.97 Å². The Balaban J connectivity index is 1.64. The van der Waals surface area contributed by atoms with Crippen LogP contribution >= 0.6 is 0 Å². The number of aliphatic hydroxyl groups is 1. The molecular formula is C27H41NO9. The molecule has 7 fully saturated rings. The van der Waals surface area contributed by atoms with Gasteiger partial charge in [-0.2, -0.15) is 0 Å². The van der Waals surface area contributed by atoms with Crippen LogP contribution in [0.5, 0.6) is 0 Å². The first-order valence-electron chi connectivity index (χ1n) is 13.8. The molecule has 1 N–H and O–H groups in total. The average Bonchev–Trinajstić information content (AvgIpc) is 3.41. The van der Waals surface area contributed by atoms with E-state index in [9.17, 15) is 9.90 Å². The minimum atomic E-state index is -1.36. The topological polar surface area (TPSA) is 116 Å². The summed E-state index contributed by atoms with van der Waals surface area (Å²) in [5.41, 5.74) is -5.24. The van der Waals surface area contributed by atoms with Gasteiger partial charge in [0.05, 0.1) is 42.4 Å². The Hall–Kier alpha value is -0.850. The summed E-state index contributed by atoms with van der Waals surface area (Å²) in [5, 5.41) is 28.7. The van der Waals surface area contributed by atoms with Crippen molar-refractivity contribution < 1.29 is 43.0 Å². The predicted molar refractivity (Wildman–Crippen MR) is 128 cm³/mol. The highest BCUT2D eigenvalue weighted by Crippen LogP contribution is 2.84. The monoisotopic (exact) mass is 523 g/mol. The third kappa shape index (κ3) is 2.28. The molecule has 0 aromatic rings. The number of esters is 1. The minimum absolute atomic E-state index is 0.0424. The van der Waals surface area contributed by atoms with E-state index in [1.165, 1.54) is 6.92 Å². The molecule has 208 valence electrons. The third-order valence-electron chi connectivity index (χ3n) is 12.5. The number of fused-ring (bicyclic) bond motifs is 1. The maximum atomic E-state index is 15.3. The number of likely N-dealkylation sites (N-methyl/N-ethyl adjacent to an activating group) is 1. The molecule has 0 aromatic carbocycles. The fourth-order valence-electron chi connectivity index (χ4n) is 12.1. The molecule has 0 radical (unpaired) electrons. The SMILES string of the molecule is CC[N+]1([O-])C[C@]2(C)CC[C@H](OC)[C@]34[C@@H]2[C@H](OC(C)=O)[C@]2(OCO[C@@]25C[C@H](OC)[C@H]2C[C@]3(O)[C@@H]5[C@H]2OC)[C@H]41. The normalized spacial score (nSPS) is 62.4. The maximum Gasteiger partial charge on any atom is 0.303 e. The fourth-order valence-corrected chi connectivity index (χ4v) is 12.1. The van der Waals surface area contributed by atoms with Crippen LogP contribution in [0.3, 0.4) is 0 Å². The molecule has 0 aromatic heterocycles. The summed E-state index contributed by atoms with van der Waals surface area (Å²) < 4.78 is 37.7. The Morgan fingerprint density at radius 1 is 1.14 bits per heavy atom. The van der Waals surface area contributed by atoms with Gasteiger partial charge in [0, 0.05) is 57.8 Å². The van der Waals surface area contributed by atoms with E-state index in [1.807, 2.05) is 6.92 Å². The van der Waals surface area contributed by atoms with Crippen LogP contribution in [0.2, 0.25) is 0 Å². The van der Waals surface area contributed by atoms with Crippen LogP contribution in [-0.2, 0) is 33.2 Å². The standard InChI is InChI=1S/C27H41NO9/c1-7-28(31)12-23(3)9-8-17(33-5)26-20(23)21(37-14(2)29)27(22(26)28)25(35-13-36-27)11-16(32-4)15-10-24(26,30)19(25)18(15)34-6/h15-22,30H,7-13H2,1-6H3/t15-,16+,17+,18+,19+,20-,21+,22+,23+,24+,25-,26-,27+,28?/m1/s1. The van der Waals surface area contributed by atoms with Crippen molar-refractivity contribution in [2.24, 2.45) is 28.6 Å². The number of piperidine rings is 1. The first kappa shape index (κ1) is 25.1. The summed E-state index contributed by atoms with van der Waals surface area (Å²) in [5.74, 6) is -1.30. The zero-order valence-electron chi connectivity index (χ0n) is 22.7. The molecule has 2 saturated heterocycles. The lowest BCUT2D eigenvalue weighted by molar-refractivity contribution is -0.936. The highest BCUT2D eigenvalue weighted by molar-refractivity contribution is 5.67. The number of methoxy groups -OCH3 is 3. The molecule has 7 bridgehead atoms. The maximum absolute atomic E-state index is 15.3. The predicted octanol–water partition coefficient (Wildman–Crippen LogP) is 1.36. The molecule has 5 aliphatic carbocycles. The van der Waals surface area contributed by atoms with Crippen molar-refractivity contribution in [2.45, 2.75) is 93.7 Å². The third-order valence-corrected chi connectivity index (χ3v) is 12.5. The van der Waals surface area contributed by atoms with E-state index in [0.29, 0.717) is 32.4 Å². The van der Waals surface area contributed by atoms with Gasteiger partial charge in [0.2, 0.25) is 0 Å². The lowest BCUT2D eigenvalue weighted by Crippen LogP contribution is -2.88. The van der Waals surface area contributed by atoms with Crippen molar-refractivity contribution in [3.63, 3.8) is 0 Å². The van der Waals surface area contributed by atoms with E-state index < -0.39 is 62.4 Å².